The smallest absolute Gasteiger partial charge is 0.314 e. The van der Waals surface area contributed by atoms with E-state index in [1.165, 1.54) is 12.1 Å². The second-order valence-electron chi connectivity index (χ2n) is 5.98. The van der Waals surface area contributed by atoms with Crippen LogP contribution in [0.1, 0.15) is 44.1 Å². The summed E-state index contributed by atoms with van der Waals surface area (Å²) in [5.74, 6) is -1.79. The molecule has 114 valence electrons. The van der Waals surface area contributed by atoms with Crippen molar-refractivity contribution in [3.63, 3.8) is 0 Å². The van der Waals surface area contributed by atoms with E-state index < -0.39 is 32.3 Å². The van der Waals surface area contributed by atoms with Crippen molar-refractivity contribution in [2.75, 3.05) is 0 Å². The van der Waals surface area contributed by atoms with Crippen LogP contribution in [-0.2, 0) is 20.0 Å². The predicted octanol–water partition coefficient (Wildman–Crippen LogP) is 2.66. The minimum Gasteiger partial charge on any atom is -0.481 e. The van der Waals surface area contributed by atoms with Crippen LogP contribution in [0.2, 0.25) is 0 Å². The highest BCUT2D eigenvalue weighted by Crippen LogP contribution is 2.42. The number of carboxylic acid groups (broad SMARTS) is 1. The van der Waals surface area contributed by atoms with E-state index in [0.717, 1.165) is 18.9 Å². The van der Waals surface area contributed by atoms with Crippen LogP contribution in [-0.4, -0.2) is 24.7 Å². The predicted molar refractivity (Wildman–Crippen MR) is 74.4 cm³/mol. The number of benzene rings is 1. The number of sulfone groups is 1. The Kier molecular flexibility index (Phi) is 3.31. The molecule has 1 aromatic carbocycles. The number of hydrogen-bond acceptors (Lipinski definition) is 3. The summed E-state index contributed by atoms with van der Waals surface area (Å²) in [6.07, 6.45) is 3.66. The highest BCUT2D eigenvalue weighted by Gasteiger charge is 2.44. The van der Waals surface area contributed by atoms with Crippen molar-refractivity contribution in [1.82, 2.24) is 0 Å². The van der Waals surface area contributed by atoms with Gasteiger partial charge in [0.15, 0.2) is 9.84 Å². The molecule has 0 spiro atoms. The van der Waals surface area contributed by atoms with Crippen LogP contribution in [0.25, 0.3) is 0 Å². The number of halogens is 1. The molecule has 1 N–H and O–H groups in total. The minimum atomic E-state index is -3.60. The Balaban J connectivity index is 2.03. The maximum absolute atomic E-state index is 14.2. The summed E-state index contributed by atoms with van der Waals surface area (Å²) in [6, 6.07) is 3.81. The van der Waals surface area contributed by atoms with E-state index in [0.29, 0.717) is 31.2 Å². The van der Waals surface area contributed by atoms with Gasteiger partial charge in [-0.05, 0) is 43.4 Å². The average molecular weight is 312 g/mol. The molecule has 2 fully saturated rings. The zero-order valence-corrected chi connectivity index (χ0v) is 12.3. The van der Waals surface area contributed by atoms with Gasteiger partial charge in [-0.15, -0.1) is 0 Å². The van der Waals surface area contributed by atoms with E-state index >= 15 is 0 Å². The van der Waals surface area contributed by atoms with Crippen LogP contribution in [0.3, 0.4) is 0 Å². The maximum atomic E-state index is 14.2. The Labute approximate surface area is 122 Å². The summed E-state index contributed by atoms with van der Waals surface area (Å²) in [5.41, 5.74) is -0.692. The Hall–Kier alpha value is -1.43. The first-order chi connectivity index (χ1) is 9.88. The lowest BCUT2D eigenvalue weighted by molar-refractivity contribution is -0.143. The summed E-state index contributed by atoms with van der Waals surface area (Å²) >= 11 is 0. The number of rotatable bonds is 4. The molecule has 3 rings (SSSR count). The molecule has 2 saturated carbocycles. The van der Waals surface area contributed by atoms with Crippen molar-refractivity contribution in [3.05, 3.63) is 29.6 Å². The molecule has 1 aromatic rings. The number of hydrogen-bond donors (Lipinski definition) is 1. The van der Waals surface area contributed by atoms with E-state index in [4.69, 9.17) is 0 Å². The molecule has 0 saturated heterocycles. The van der Waals surface area contributed by atoms with Gasteiger partial charge in [-0.2, -0.15) is 0 Å². The van der Waals surface area contributed by atoms with Gasteiger partial charge in [0.05, 0.1) is 10.7 Å². The van der Waals surface area contributed by atoms with Crippen molar-refractivity contribution in [2.45, 2.75) is 54.1 Å². The molecule has 0 unspecified atom stereocenters. The van der Waals surface area contributed by atoms with Gasteiger partial charge in [0.25, 0.3) is 0 Å². The lowest BCUT2D eigenvalue weighted by Crippen LogP contribution is -2.32. The zero-order chi connectivity index (χ0) is 15.3. The van der Waals surface area contributed by atoms with E-state index in [2.05, 4.69) is 0 Å². The number of aliphatic carboxylic acids is 1. The fourth-order valence-corrected chi connectivity index (χ4v) is 4.90. The third kappa shape index (κ3) is 2.25. The Morgan fingerprint density at radius 1 is 1.24 bits per heavy atom. The molecule has 2 aliphatic rings. The third-order valence-electron chi connectivity index (χ3n) is 4.62. The highest BCUT2D eigenvalue weighted by molar-refractivity contribution is 7.92. The van der Waals surface area contributed by atoms with Crippen molar-refractivity contribution in [2.24, 2.45) is 0 Å². The molecule has 21 heavy (non-hydrogen) atoms. The lowest BCUT2D eigenvalue weighted by Gasteiger charge is -2.24. The quantitative estimate of drug-likeness (QED) is 0.928. The minimum absolute atomic E-state index is 0.299. The van der Waals surface area contributed by atoms with Crippen LogP contribution in [0.15, 0.2) is 23.1 Å². The molecular weight excluding hydrogens is 295 g/mol. The van der Waals surface area contributed by atoms with Crippen molar-refractivity contribution in [1.29, 1.82) is 0 Å². The molecular formula is C15H17FO4S. The van der Waals surface area contributed by atoms with Crippen molar-refractivity contribution >= 4 is 15.8 Å². The molecule has 6 heteroatoms. The van der Waals surface area contributed by atoms with Crippen molar-refractivity contribution in [3.8, 4) is 0 Å². The molecule has 0 aromatic heterocycles. The van der Waals surface area contributed by atoms with Gasteiger partial charge < -0.3 is 5.11 Å². The molecule has 0 aliphatic heterocycles. The SMILES string of the molecule is O=C(O)C1(c2ccc(S(=O)(=O)C3CC3)c(F)c2)CCCC1. The van der Waals surface area contributed by atoms with Gasteiger partial charge in [0, 0.05) is 0 Å². The van der Waals surface area contributed by atoms with Gasteiger partial charge in [0.2, 0.25) is 0 Å². The molecule has 0 atom stereocenters. The van der Waals surface area contributed by atoms with Crippen LogP contribution in [0.5, 0.6) is 0 Å². The van der Waals surface area contributed by atoms with Gasteiger partial charge >= 0.3 is 5.97 Å². The molecule has 0 amide bonds. The highest BCUT2D eigenvalue weighted by atomic mass is 32.2. The molecule has 0 heterocycles. The summed E-state index contributed by atoms with van der Waals surface area (Å²) in [7, 11) is -3.60. The normalized spacial score (nSPS) is 21.4. The monoisotopic (exact) mass is 312 g/mol. The van der Waals surface area contributed by atoms with E-state index in [9.17, 15) is 22.7 Å². The molecule has 0 bridgehead atoms. The fraction of sp³-hybridized carbons (Fsp3) is 0.533. The summed E-state index contributed by atoms with van der Waals surface area (Å²) in [4.78, 5) is 11.3. The van der Waals surface area contributed by atoms with Crippen LogP contribution < -0.4 is 0 Å². The van der Waals surface area contributed by atoms with E-state index in [1.807, 2.05) is 0 Å². The van der Waals surface area contributed by atoms with E-state index in [1.54, 1.807) is 0 Å². The third-order valence-corrected chi connectivity index (χ3v) is 6.91. The largest absolute Gasteiger partial charge is 0.481 e. The second kappa shape index (κ2) is 4.80. The maximum Gasteiger partial charge on any atom is 0.314 e. The van der Waals surface area contributed by atoms with Crippen LogP contribution in [0.4, 0.5) is 4.39 Å². The summed E-state index contributed by atoms with van der Waals surface area (Å²) in [6.45, 7) is 0. The molecule has 0 radical (unpaired) electrons. The average Bonchev–Trinajstić information content (AvgIpc) is 3.16. The molecule has 4 nitrogen and oxygen atoms in total. The summed E-state index contributed by atoms with van der Waals surface area (Å²) < 4.78 is 38.5. The van der Waals surface area contributed by atoms with Crippen LogP contribution in [0, 0.1) is 5.82 Å². The number of carboxylic acids is 1. The van der Waals surface area contributed by atoms with Crippen LogP contribution >= 0.6 is 0 Å². The topological polar surface area (TPSA) is 71.4 Å². The summed E-state index contributed by atoms with van der Waals surface area (Å²) in [5, 5.41) is 9.02. The lowest BCUT2D eigenvalue weighted by atomic mass is 9.79. The van der Waals surface area contributed by atoms with E-state index in [-0.39, 0.29) is 4.90 Å². The first-order valence-electron chi connectivity index (χ1n) is 7.15. The van der Waals surface area contributed by atoms with Gasteiger partial charge in [-0.1, -0.05) is 18.9 Å². The first-order valence-corrected chi connectivity index (χ1v) is 8.70. The second-order valence-corrected chi connectivity index (χ2v) is 8.18. The number of carbonyl (C=O) groups is 1. The van der Waals surface area contributed by atoms with Gasteiger partial charge in [-0.25, -0.2) is 12.8 Å². The van der Waals surface area contributed by atoms with Gasteiger partial charge in [0.1, 0.15) is 10.7 Å². The van der Waals surface area contributed by atoms with Crippen molar-refractivity contribution < 1.29 is 22.7 Å². The first kappa shape index (κ1) is 14.5. The fourth-order valence-electron chi connectivity index (χ4n) is 3.19. The zero-order valence-electron chi connectivity index (χ0n) is 11.5. The Bertz CT molecular complexity index is 686. The Morgan fingerprint density at radius 3 is 2.33 bits per heavy atom. The van der Waals surface area contributed by atoms with Gasteiger partial charge in [-0.3, -0.25) is 4.79 Å². The standard InChI is InChI=1S/C15H17FO4S/c16-12-9-10(15(14(17)18)7-1-2-8-15)3-6-13(12)21(19,20)11-4-5-11/h3,6,9,11H,1-2,4-5,7-8H2,(H,17,18). The molecule has 2 aliphatic carbocycles. The Morgan fingerprint density at radius 2 is 1.86 bits per heavy atom.